The Morgan fingerprint density at radius 3 is 0.809 bits per heavy atom. The molecule has 68 heavy (non-hydrogen) atoms. The van der Waals surface area contributed by atoms with E-state index in [9.17, 15) is 14.4 Å². The molecule has 0 bridgehead atoms. The maximum Gasteiger partial charge on any atom is 0.306 e. The number of carbonyl (C=O) groups excluding carboxylic acids is 3. The van der Waals surface area contributed by atoms with Crippen molar-refractivity contribution in [3.05, 3.63) is 24.3 Å². The van der Waals surface area contributed by atoms with Gasteiger partial charge in [0, 0.05) is 19.3 Å². The first kappa shape index (κ1) is 65.9. The van der Waals surface area contributed by atoms with Gasteiger partial charge in [-0.15, -0.1) is 0 Å². The minimum absolute atomic E-state index is 0.0660. The van der Waals surface area contributed by atoms with Crippen molar-refractivity contribution in [1.82, 2.24) is 0 Å². The summed E-state index contributed by atoms with van der Waals surface area (Å²) >= 11 is 0. The van der Waals surface area contributed by atoms with E-state index in [2.05, 4.69) is 45.1 Å². The van der Waals surface area contributed by atoms with Gasteiger partial charge in [0.05, 0.1) is 0 Å². The van der Waals surface area contributed by atoms with Crippen molar-refractivity contribution in [2.24, 2.45) is 0 Å². The molecule has 0 aliphatic heterocycles. The number of rotatable bonds is 56. The Bertz CT molecular complexity index is 1100. The summed E-state index contributed by atoms with van der Waals surface area (Å²) in [5, 5.41) is 0. The zero-order valence-electron chi connectivity index (χ0n) is 45.9. The quantitative estimate of drug-likeness (QED) is 0.0262. The van der Waals surface area contributed by atoms with Crippen LogP contribution in [0.25, 0.3) is 0 Å². The molecule has 0 aromatic carbocycles. The summed E-state index contributed by atoms with van der Waals surface area (Å²) in [5.74, 6) is -0.844. The molecule has 1 atom stereocenters. The number of carbonyl (C=O) groups is 3. The second kappa shape index (κ2) is 57.5. The Kier molecular flexibility index (Phi) is 55.7. The third-order valence-corrected chi connectivity index (χ3v) is 13.7. The molecule has 0 fully saturated rings. The summed E-state index contributed by atoms with van der Waals surface area (Å²) in [6.07, 6.45) is 67.4. The largest absolute Gasteiger partial charge is 0.462 e. The normalized spacial score (nSPS) is 12.1. The monoisotopic (exact) mass is 957 g/mol. The van der Waals surface area contributed by atoms with E-state index in [1.54, 1.807) is 0 Å². The van der Waals surface area contributed by atoms with Crippen LogP contribution >= 0.6 is 0 Å². The second-order valence-corrected chi connectivity index (χ2v) is 20.7. The minimum atomic E-state index is -0.767. The fourth-order valence-electron chi connectivity index (χ4n) is 9.14. The molecule has 0 heterocycles. The number of hydrogen-bond donors (Lipinski definition) is 0. The molecule has 0 spiro atoms. The zero-order valence-corrected chi connectivity index (χ0v) is 45.9. The Morgan fingerprint density at radius 2 is 0.515 bits per heavy atom. The number of allylic oxidation sites excluding steroid dienone is 4. The van der Waals surface area contributed by atoms with Gasteiger partial charge in [-0.25, -0.2) is 0 Å². The van der Waals surface area contributed by atoms with Gasteiger partial charge in [0.1, 0.15) is 13.2 Å². The molecular formula is C62H116O6. The first-order chi connectivity index (χ1) is 33.5. The fraction of sp³-hybridized carbons (Fsp3) is 0.887. The Labute approximate surface area is 423 Å². The summed E-state index contributed by atoms with van der Waals surface area (Å²) in [6.45, 7) is 6.67. The van der Waals surface area contributed by atoms with Gasteiger partial charge in [0.25, 0.3) is 0 Å². The summed E-state index contributed by atoms with van der Waals surface area (Å²) in [7, 11) is 0. The van der Waals surface area contributed by atoms with E-state index in [1.807, 2.05) is 0 Å². The summed E-state index contributed by atoms with van der Waals surface area (Å²) in [4.78, 5) is 38.2. The molecule has 0 amide bonds. The van der Waals surface area contributed by atoms with E-state index >= 15 is 0 Å². The van der Waals surface area contributed by atoms with E-state index in [0.717, 1.165) is 57.8 Å². The van der Waals surface area contributed by atoms with E-state index in [4.69, 9.17) is 14.2 Å². The van der Waals surface area contributed by atoms with Crippen molar-refractivity contribution < 1.29 is 28.6 Å². The van der Waals surface area contributed by atoms with Crippen LogP contribution in [0.5, 0.6) is 0 Å². The maximum absolute atomic E-state index is 12.9. The van der Waals surface area contributed by atoms with Crippen molar-refractivity contribution in [3.63, 3.8) is 0 Å². The third kappa shape index (κ3) is 54.8. The van der Waals surface area contributed by atoms with E-state index < -0.39 is 6.10 Å². The molecule has 0 saturated heterocycles. The molecule has 0 aromatic rings. The summed E-state index contributed by atoms with van der Waals surface area (Å²) < 4.78 is 16.9. The van der Waals surface area contributed by atoms with Gasteiger partial charge in [-0.2, -0.15) is 0 Å². The Hall–Kier alpha value is -2.11. The van der Waals surface area contributed by atoms with Crippen LogP contribution in [0.4, 0.5) is 0 Å². The van der Waals surface area contributed by atoms with Gasteiger partial charge in [-0.3, -0.25) is 14.4 Å². The number of ether oxygens (including phenoxy) is 3. The number of unbranched alkanes of at least 4 members (excludes halogenated alkanes) is 42. The Balaban J connectivity index is 4.31. The lowest BCUT2D eigenvalue weighted by Gasteiger charge is -2.18. The lowest BCUT2D eigenvalue weighted by Crippen LogP contribution is -2.30. The van der Waals surface area contributed by atoms with Gasteiger partial charge in [0.2, 0.25) is 0 Å². The third-order valence-electron chi connectivity index (χ3n) is 13.7. The molecule has 6 nitrogen and oxygen atoms in total. The lowest BCUT2D eigenvalue weighted by molar-refractivity contribution is -0.167. The zero-order chi connectivity index (χ0) is 49.3. The topological polar surface area (TPSA) is 78.9 Å². The number of esters is 3. The van der Waals surface area contributed by atoms with Gasteiger partial charge in [-0.1, -0.05) is 295 Å². The van der Waals surface area contributed by atoms with Crippen molar-refractivity contribution in [2.75, 3.05) is 13.2 Å². The second-order valence-electron chi connectivity index (χ2n) is 20.7. The minimum Gasteiger partial charge on any atom is -0.462 e. The molecule has 0 aliphatic carbocycles. The maximum atomic E-state index is 12.9. The highest BCUT2D eigenvalue weighted by atomic mass is 16.6. The van der Waals surface area contributed by atoms with Crippen LogP contribution in [-0.2, 0) is 28.6 Å². The molecule has 0 radical (unpaired) electrons. The van der Waals surface area contributed by atoms with Crippen molar-refractivity contribution in [1.29, 1.82) is 0 Å². The molecule has 0 rings (SSSR count). The van der Waals surface area contributed by atoms with Crippen LogP contribution < -0.4 is 0 Å². The lowest BCUT2D eigenvalue weighted by atomic mass is 10.0. The molecule has 0 saturated carbocycles. The van der Waals surface area contributed by atoms with Crippen LogP contribution in [0.1, 0.15) is 335 Å². The van der Waals surface area contributed by atoms with Gasteiger partial charge < -0.3 is 14.2 Å². The van der Waals surface area contributed by atoms with E-state index in [-0.39, 0.29) is 31.1 Å². The molecular weight excluding hydrogens is 841 g/mol. The first-order valence-electron chi connectivity index (χ1n) is 30.4. The highest BCUT2D eigenvalue weighted by molar-refractivity contribution is 5.71. The molecule has 0 aliphatic rings. The highest BCUT2D eigenvalue weighted by Gasteiger charge is 2.19. The number of hydrogen-bond acceptors (Lipinski definition) is 6. The van der Waals surface area contributed by atoms with Crippen LogP contribution in [0.3, 0.4) is 0 Å². The smallest absolute Gasteiger partial charge is 0.306 e. The van der Waals surface area contributed by atoms with Crippen LogP contribution in [0.15, 0.2) is 24.3 Å². The van der Waals surface area contributed by atoms with Gasteiger partial charge in [0.15, 0.2) is 6.10 Å². The fourth-order valence-corrected chi connectivity index (χ4v) is 9.14. The predicted molar refractivity (Wildman–Crippen MR) is 293 cm³/mol. The van der Waals surface area contributed by atoms with E-state index in [0.29, 0.717) is 19.3 Å². The van der Waals surface area contributed by atoms with Crippen molar-refractivity contribution in [2.45, 2.75) is 341 Å². The standard InChI is InChI=1S/C62H116O6/c1-4-7-10-13-16-19-22-25-28-30-31-32-35-37-40-43-46-49-52-55-61(64)67-58-59(57-66-60(63)54-51-48-45-42-39-36-33-27-24-21-18-15-12-9-6-3)68-62(65)56-53-50-47-44-41-38-34-29-26-23-20-17-14-11-8-5-2/h16,19,22,25,59H,4-15,17-18,20-21,23-24,26-58H2,1-3H3/b19-16-,25-22-. The van der Waals surface area contributed by atoms with Crippen LogP contribution in [0, 0.1) is 0 Å². The van der Waals surface area contributed by atoms with E-state index in [1.165, 1.54) is 238 Å². The Morgan fingerprint density at radius 1 is 0.294 bits per heavy atom. The summed E-state index contributed by atoms with van der Waals surface area (Å²) in [6, 6.07) is 0. The van der Waals surface area contributed by atoms with Crippen molar-refractivity contribution >= 4 is 17.9 Å². The highest BCUT2D eigenvalue weighted by Crippen LogP contribution is 2.17. The first-order valence-corrected chi connectivity index (χ1v) is 30.4. The van der Waals surface area contributed by atoms with Gasteiger partial charge in [-0.05, 0) is 44.9 Å². The average molecular weight is 958 g/mol. The average Bonchev–Trinajstić information content (AvgIpc) is 3.34. The molecule has 400 valence electrons. The van der Waals surface area contributed by atoms with Crippen LogP contribution in [0.2, 0.25) is 0 Å². The van der Waals surface area contributed by atoms with Crippen molar-refractivity contribution in [3.8, 4) is 0 Å². The van der Waals surface area contributed by atoms with Gasteiger partial charge >= 0.3 is 17.9 Å². The summed E-state index contributed by atoms with van der Waals surface area (Å²) in [5.41, 5.74) is 0. The predicted octanol–water partition coefficient (Wildman–Crippen LogP) is 20.3. The van der Waals surface area contributed by atoms with Crippen LogP contribution in [-0.4, -0.2) is 37.2 Å². The molecule has 6 heteroatoms. The molecule has 1 unspecified atom stereocenters. The molecule has 0 aromatic heterocycles. The SMILES string of the molecule is CCCCC/C=C\C=C/CCCCCCCCCCCCC(=O)OCC(COC(=O)CCCCCCCCCCCCCCCCC)OC(=O)CCCCCCCCCCCCCCCCCC. The molecule has 0 N–H and O–H groups in total.